The van der Waals surface area contributed by atoms with Gasteiger partial charge in [-0.2, -0.15) is 5.26 Å². The zero-order chi connectivity index (χ0) is 28.8. The molecule has 0 aliphatic carbocycles. The molecular weight excluding hydrogens is 544 g/mol. The van der Waals surface area contributed by atoms with Crippen LogP contribution in [-0.4, -0.2) is 51.9 Å². The number of aromatic nitrogens is 1. The number of thioether (sulfide) groups is 1. The number of thiocarbonyl (C=S) groups is 1. The number of nitrogens with zero attached hydrogens (tertiary/aromatic N) is 4. The van der Waals surface area contributed by atoms with Gasteiger partial charge >= 0.3 is 5.97 Å². The lowest BCUT2D eigenvalue weighted by atomic mass is 9.95. The summed E-state index contributed by atoms with van der Waals surface area (Å²) in [5.41, 5.74) is 2.07. The van der Waals surface area contributed by atoms with E-state index in [-0.39, 0.29) is 28.9 Å². The minimum Gasteiger partial charge on any atom is -0.466 e. The van der Waals surface area contributed by atoms with Crippen molar-refractivity contribution < 1.29 is 14.3 Å². The van der Waals surface area contributed by atoms with E-state index in [9.17, 15) is 19.6 Å². The van der Waals surface area contributed by atoms with E-state index in [0.29, 0.717) is 84.6 Å². The Morgan fingerprint density at radius 2 is 1.88 bits per heavy atom. The molecule has 8 nitrogen and oxygen atoms in total. The Hall–Kier alpha value is -3.42. The lowest BCUT2D eigenvalue weighted by Crippen LogP contribution is -2.41. The van der Waals surface area contributed by atoms with Gasteiger partial charge in [-0.25, -0.2) is 0 Å². The molecule has 1 aromatic carbocycles. The maximum atomic E-state index is 13.5. The Bertz CT molecular complexity index is 1420. The van der Waals surface area contributed by atoms with Crippen LogP contribution >= 0.6 is 24.0 Å². The predicted molar refractivity (Wildman–Crippen MR) is 162 cm³/mol. The van der Waals surface area contributed by atoms with Crippen molar-refractivity contribution in [2.45, 2.75) is 53.0 Å². The van der Waals surface area contributed by atoms with Crippen molar-refractivity contribution in [1.82, 2.24) is 9.47 Å². The average molecular weight is 579 g/mol. The molecule has 0 atom stereocenters. The summed E-state index contributed by atoms with van der Waals surface area (Å²) >= 11 is 6.82. The Morgan fingerprint density at radius 3 is 2.50 bits per heavy atom. The fraction of sp³-hybridized carbons (Fsp3) is 0.433. The first-order chi connectivity index (χ1) is 19.3. The summed E-state index contributed by atoms with van der Waals surface area (Å²) in [4.78, 5) is 43.5. The van der Waals surface area contributed by atoms with E-state index in [0.717, 1.165) is 5.56 Å². The van der Waals surface area contributed by atoms with Crippen LogP contribution in [0.1, 0.15) is 55.4 Å². The average Bonchev–Trinajstić information content (AvgIpc) is 3.22. The number of hydrogen-bond acceptors (Lipinski definition) is 8. The van der Waals surface area contributed by atoms with Crippen molar-refractivity contribution in [3.8, 4) is 6.07 Å². The number of carbonyl (C=O) groups is 2. The molecule has 4 rings (SSSR count). The van der Waals surface area contributed by atoms with Crippen LogP contribution in [-0.2, 0) is 27.3 Å². The Morgan fingerprint density at radius 1 is 1.18 bits per heavy atom. The standard InChI is InChI=1S/C30H34N4O4S2/c1-4-14-33-26(32-15-12-22(13-16-32)29(37)38-5-2)23(20(3)24(19-31)27(33)35)18-25-28(36)34(30(39)40-25)17-11-21-9-7-6-8-10-21/h6-10,18,22H,4-5,11-17H2,1-3H3/b25-18+. The summed E-state index contributed by atoms with van der Waals surface area (Å²) in [6.07, 6.45) is 4.36. The van der Waals surface area contributed by atoms with Crippen LogP contribution in [0.15, 0.2) is 40.0 Å². The number of piperidine rings is 1. The molecule has 2 aliphatic heterocycles. The summed E-state index contributed by atoms with van der Waals surface area (Å²) < 4.78 is 7.37. The van der Waals surface area contributed by atoms with Crippen molar-refractivity contribution in [3.63, 3.8) is 0 Å². The largest absolute Gasteiger partial charge is 0.466 e. The first kappa shape index (κ1) is 29.6. The van der Waals surface area contributed by atoms with Gasteiger partial charge in [0.1, 0.15) is 21.8 Å². The lowest BCUT2D eigenvalue weighted by molar-refractivity contribution is -0.148. The molecule has 0 saturated carbocycles. The monoisotopic (exact) mass is 578 g/mol. The number of ether oxygens (including phenoxy) is 1. The summed E-state index contributed by atoms with van der Waals surface area (Å²) in [6.45, 7) is 7.88. The molecule has 0 unspecified atom stereocenters. The number of benzene rings is 1. The molecule has 2 fully saturated rings. The highest BCUT2D eigenvalue weighted by atomic mass is 32.2. The smallest absolute Gasteiger partial charge is 0.309 e. The van der Waals surface area contributed by atoms with Gasteiger partial charge in [-0.05, 0) is 56.7 Å². The maximum absolute atomic E-state index is 13.5. The van der Waals surface area contributed by atoms with Gasteiger partial charge in [0.05, 0.1) is 17.4 Å². The van der Waals surface area contributed by atoms with Gasteiger partial charge in [0.2, 0.25) is 0 Å². The molecule has 210 valence electrons. The normalized spacial score (nSPS) is 17.0. The molecule has 2 saturated heterocycles. The van der Waals surface area contributed by atoms with Gasteiger partial charge in [-0.1, -0.05) is 61.2 Å². The Labute approximate surface area is 244 Å². The Kier molecular flexibility index (Phi) is 9.82. The molecule has 10 heteroatoms. The quantitative estimate of drug-likeness (QED) is 0.241. The number of esters is 1. The molecule has 1 amide bonds. The number of hydrogen-bond donors (Lipinski definition) is 0. The third kappa shape index (κ3) is 6.16. The van der Waals surface area contributed by atoms with E-state index in [4.69, 9.17) is 17.0 Å². The first-order valence-corrected chi connectivity index (χ1v) is 14.9. The maximum Gasteiger partial charge on any atom is 0.309 e. The van der Waals surface area contributed by atoms with Gasteiger partial charge in [0.25, 0.3) is 11.5 Å². The summed E-state index contributed by atoms with van der Waals surface area (Å²) in [5, 5.41) is 9.89. The number of carbonyl (C=O) groups excluding carboxylic acids is 2. The lowest BCUT2D eigenvalue weighted by Gasteiger charge is -2.35. The van der Waals surface area contributed by atoms with Crippen molar-refractivity contribution >= 4 is 52.1 Å². The van der Waals surface area contributed by atoms with E-state index in [2.05, 4.69) is 11.0 Å². The van der Waals surface area contributed by atoms with E-state index >= 15 is 0 Å². The van der Waals surface area contributed by atoms with Crippen LogP contribution in [0.3, 0.4) is 0 Å². The highest BCUT2D eigenvalue weighted by Gasteiger charge is 2.34. The van der Waals surface area contributed by atoms with E-state index in [1.54, 1.807) is 29.4 Å². The fourth-order valence-electron chi connectivity index (χ4n) is 5.21. The third-order valence-corrected chi connectivity index (χ3v) is 8.70. The highest BCUT2D eigenvalue weighted by Crippen LogP contribution is 2.37. The molecule has 0 bridgehead atoms. The molecular formula is C30H34N4O4S2. The van der Waals surface area contributed by atoms with Gasteiger partial charge in [-0.3, -0.25) is 23.9 Å². The van der Waals surface area contributed by atoms with Crippen LogP contribution < -0.4 is 10.5 Å². The molecule has 40 heavy (non-hydrogen) atoms. The molecule has 0 N–H and O–H groups in total. The third-order valence-electron chi connectivity index (χ3n) is 7.32. The van der Waals surface area contributed by atoms with E-state index < -0.39 is 0 Å². The second-order valence-electron chi connectivity index (χ2n) is 9.89. The first-order valence-electron chi connectivity index (χ1n) is 13.7. The van der Waals surface area contributed by atoms with Crippen LogP contribution in [0.25, 0.3) is 6.08 Å². The van der Waals surface area contributed by atoms with Gasteiger partial charge in [-0.15, -0.1) is 0 Å². The van der Waals surface area contributed by atoms with Crippen molar-refractivity contribution in [2.75, 3.05) is 31.1 Å². The molecule has 1 aromatic heterocycles. The summed E-state index contributed by atoms with van der Waals surface area (Å²) in [6, 6.07) is 12.0. The molecule has 0 spiro atoms. The minimum absolute atomic E-state index is 0.0735. The van der Waals surface area contributed by atoms with Crippen LogP contribution in [0.5, 0.6) is 0 Å². The zero-order valence-electron chi connectivity index (χ0n) is 23.1. The summed E-state index contributed by atoms with van der Waals surface area (Å²) in [7, 11) is 0. The minimum atomic E-state index is -0.336. The second-order valence-corrected chi connectivity index (χ2v) is 11.6. The Balaban J connectivity index is 1.71. The van der Waals surface area contributed by atoms with Crippen molar-refractivity contribution in [3.05, 3.63) is 67.8 Å². The van der Waals surface area contributed by atoms with Crippen molar-refractivity contribution in [2.24, 2.45) is 5.92 Å². The number of nitriles is 1. The number of amides is 1. The topological polar surface area (TPSA) is 95.6 Å². The molecule has 3 heterocycles. The van der Waals surface area contributed by atoms with Crippen molar-refractivity contribution in [1.29, 1.82) is 5.26 Å². The zero-order valence-corrected chi connectivity index (χ0v) is 24.8. The van der Waals surface area contributed by atoms with E-state index in [1.807, 2.05) is 37.3 Å². The SMILES string of the molecule is CCCn1c(N2CCC(C(=O)OCC)CC2)c(/C=C2/SC(=S)N(CCc3ccccc3)C2=O)c(C)c(C#N)c1=O. The van der Waals surface area contributed by atoms with Gasteiger partial charge < -0.3 is 9.64 Å². The number of rotatable bonds is 9. The molecule has 0 radical (unpaired) electrons. The second kappa shape index (κ2) is 13.3. The summed E-state index contributed by atoms with van der Waals surface area (Å²) in [5.74, 6) is 0.124. The molecule has 2 aromatic rings. The predicted octanol–water partition coefficient (Wildman–Crippen LogP) is 4.66. The molecule has 2 aliphatic rings. The number of pyridine rings is 1. The van der Waals surface area contributed by atoms with Gasteiger partial charge in [0.15, 0.2) is 0 Å². The van der Waals surface area contributed by atoms with Gasteiger partial charge in [0, 0.05) is 31.7 Å². The van der Waals surface area contributed by atoms with Crippen LogP contribution in [0, 0.1) is 24.2 Å². The van der Waals surface area contributed by atoms with Crippen LogP contribution in [0.4, 0.5) is 5.82 Å². The van der Waals surface area contributed by atoms with E-state index in [1.165, 1.54) is 11.8 Å². The number of anilines is 1. The van der Waals surface area contributed by atoms with Crippen LogP contribution in [0.2, 0.25) is 0 Å². The highest BCUT2D eigenvalue weighted by molar-refractivity contribution is 8.26. The fourth-order valence-corrected chi connectivity index (χ4v) is 6.50.